The van der Waals surface area contributed by atoms with Crippen molar-refractivity contribution in [2.45, 2.75) is 5.92 Å². The van der Waals surface area contributed by atoms with E-state index in [1.807, 2.05) is 24.3 Å². The van der Waals surface area contributed by atoms with Gasteiger partial charge in [-0.05, 0) is 23.8 Å². The number of nitrogens with zero attached hydrogens (tertiary/aromatic N) is 2. The molecule has 0 amide bonds. The Labute approximate surface area is 99.9 Å². The van der Waals surface area contributed by atoms with Crippen LogP contribution in [0.15, 0.2) is 49.1 Å². The maximum atomic E-state index is 9.33. The van der Waals surface area contributed by atoms with Gasteiger partial charge in [0, 0.05) is 24.5 Å². The van der Waals surface area contributed by atoms with Gasteiger partial charge in [-0.1, -0.05) is 6.07 Å². The van der Waals surface area contributed by atoms with E-state index in [-0.39, 0.29) is 12.5 Å². The van der Waals surface area contributed by atoms with Crippen molar-refractivity contribution in [2.75, 3.05) is 13.2 Å². The molecule has 0 radical (unpaired) electrons. The van der Waals surface area contributed by atoms with Crippen LogP contribution in [0, 0.1) is 0 Å². The summed E-state index contributed by atoms with van der Waals surface area (Å²) in [4.78, 5) is 7.99. The summed E-state index contributed by atoms with van der Waals surface area (Å²) in [6.45, 7) is 0.444. The molecule has 1 N–H and O–H groups in total. The molecule has 17 heavy (non-hydrogen) atoms. The monoisotopic (exact) mass is 230 g/mol. The van der Waals surface area contributed by atoms with Gasteiger partial charge in [-0.2, -0.15) is 0 Å². The van der Waals surface area contributed by atoms with Crippen LogP contribution >= 0.6 is 0 Å². The largest absolute Gasteiger partial charge is 0.491 e. The average Bonchev–Trinajstić information content (AvgIpc) is 2.42. The predicted molar refractivity (Wildman–Crippen MR) is 63.8 cm³/mol. The summed E-state index contributed by atoms with van der Waals surface area (Å²) >= 11 is 0. The lowest BCUT2D eigenvalue weighted by molar-refractivity contribution is 0.204. The van der Waals surface area contributed by atoms with Crippen LogP contribution in [0.25, 0.3) is 0 Å². The smallest absolute Gasteiger partial charge is 0.137 e. The normalized spacial score (nSPS) is 12.1. The first-order valence-electron chi connectivity index (χ1n) is 5.44. The van der Waals surface area contributed by atoms with E-state index in [0.717, 1.165) is 5.56 Å². The molecule has 0 spiro atoms. The summed E-state index contributed by atoms with van der Waals surface area (Å²) < 4.78 is 5.56. The molecule has 0 aromatic carbocycles. The first-order chi connectivity index (χ1) is 8.40. The van der Waals surface area contributed by atoms with Crippen LogP contribution in [0.1, 0.15) is 11.5 Å². The lowest BCUT2D eigenvalue weighted by Gasteiger charge is -2.14. The molecule has 0 aliphatic heterocycles. The minimum atomic E-state index is -0.0658. The molecule has 88 valence electrons. The third-order valence-corrected chi connectivity index (χ3v) is 2.46. The Balaban J connectivity index is 1.97. The zero-order valence-corrected chi connectivity index (χ0v) is 9.36. The lowest BCUT2D eigenvalue weighted by atomic mass is 10.0. The topological polar surface area (TPSA) is 55.2 Å². The van der Waals surface area contributed by atoms with Gasteiger partial charge < -0.3 is 9.84 Å². The Bertz CT molecular complexity index is 434. The number of aromatic nitrogens is 2. The first-order valence-corrected chi connectivity index (χ1v) is 5.44. The summed E-state index contributed by atoms with van der Waals surface area (Å²) in [6, 6.07) is 7.43. The molecule has 0 aliphatic carbocycles. The Kier molecular flexibility index (Phi) is 4.05. The van der Waals surface area contributed by atoms with Gasteiger partial charge in [0.1, 0.15) is 5.75 Å². The maximum Gasteiger partial charge on any atom is 0.137 e. The quantitative estimate of drug-likeness (QED) is 0.848. The summed E-state index contributed by atoms with van der Waals surface area (Å²) in [6.07, 6.45) is 6.79. The number of aliphatic hydroxyl groups excluding tert-OH is 1. The highest BCUT2D eigenvalue weighted by Crippen LogP contribution is 2.16. The van der Waals surface area contributed by atoms with Crippen molar-refractivity contribution in [3.63, 3.8) is 0 Å². The molecule has 2 heterocycles. The van der Waals surface area contributed by atoms with Crippen LogP contribution in [-0.4, -0.2) is 28.3 Å². The Morgan fingerprint density at radius 3 is 2.47 bits per heavy atom. The zero-order chi connectivity index (χ0) is 11.9. The number of rotatable bonds is 5. The number of pyridine rings is 2. The molecule has 0 aliphatic rings. The van der Waals surface area contributed by atoms with Crippen molar-refractivity contribution in [3.8, 4) is 5.75 Å². The Morgan fingerprint density at radius 1 is 1.12 bits per heavy atom. The first kappa shape index (κ1) is 11.5. The van der Waals surface area contributed by atoms with Crippen molar-refractivity contribution in [1.29, 1.82) is 0 Å². The third-order valence-electron chi connectivity index (χ3n) is 2.46. The lowest BCUT2D eigenvalue weighted by Crippen LogP contribution is -2.14. The molecule has 0 saturated carbocycles. The highest BCUT2D eigenvalue weighted by Gasteiger charge is 2.11. The molecule has 0 fully saturated rings. The second kappa shape index (κ2) is 5.96. The molecule has 0 bridgehead atoms. The van der Waals surface area contributed by atoms with Crippen LogP contribution in [0.4, 0.5) is 0 Å². The van der Waals surface area contributed by atoms with Crippen LogP contribution in [-0.2, 0) is 0 Å². The van der Waals surface area contributed by atoms with E-state index < -0.39 is 0 Å². The van der Waals surface area contributed by atoms with Gasteiger partial charge in [0.25, 0.3) is 0 Å². The van der Waals surface area contributed by atoms with Gasteiger partial charge in [0.05, 0.1) is 19.4 Å². The molecule has 4 nitrogen and oxygen atoms in total. The van der Waals surface area contributed by atoms with Crippen molar-refractivity contribution in [3.05, 3.63) is 54.6 Å². The molecule has 1 unspecified atom stereocenters. The molecule has 2 aromatic heterocycles. The van der Waals surface area contributed by atoms with Gasteiger partial charge in [0.2, 0.25) is 0 Å². The minimum Gasteiger partial charge on any atom is -0.491 e. The van der Waals surface area contributed by atoms with Crippen molar-refractivity contribution in [2.24, 2.45) is 0 Å². The van der Waals surface area contributed by atoms with Crippen LogP contribution in [0.5, 0.6) is 5.75 Å². The van der Waals surface area contributed by atoms with E-state index in [1.54, 1.807) is 24.8 Å². The van der Waals surface area contributed by atoms with E-state index in [9.17, 15) is 5.11 Å². The maximum absolute atomic E-state index is 9.33. The zero-order valence-electron chi connectivity index (χ0n) is 9.36. The summed E-state index contributed by atoms with van der Waals surface area (Å²) in [5.41, 5.74) is 0.971. The van der Waals surface area contributed by atoms with Crippen LogP contribution < -0.4 is 4.74 Å². The highest BCUT2D eigenvalue weighted by molar-refractivity contribution is 5.18. The summed E-state index contributed by atoms with van der Waals surface area (Å²) in [5, 5.41) is 9.33. The Hall–Kier alpha value is -1.94. The van der Waals surface area contributed by atoms with Crippen LogP contribution in [0.3, 0.4) is 0 Å². The highest BCUT2D eigenvalue weighted by atomic mass is 16.5. The number of ether oxygens (including phenoxy) is 1. The molecule has 2 rings (SSSR count). The minimum absolute atomic E-state index is 0.0337. The van der Waals surface area contributed by atoms with E-state index >= 15 is 0 Å². The predicted octanol–water partition coefficient (Wildman–Crippen LogP) is 1.63. The fraction of sp³-hybridized carbons (Fsp3) is 0.231. The number of hydrogen-bond donors (Lipinski definition) is 1. The second-order valence-electron chi connectivity index (χ2n) is 3.67. The average molecular weight is 230 g/mol. The Morgan fingerprint density at radius 2 is 1.88 bits per heavy atom. The van der Waals surface area contributed by atoms with Gasteiger partial charge in [-0.3, -0.25) is 9.97 Å². The van der Waals surface area contributed by atoms with Gasteiger partial charge in [-0.25, -0.2) is 0 Å². The van der Waals surface area contributed by atoms with Gasteiger partial charge >= 0.3 is 0 Å². The molecule has 1 atom stereocenters. The fourth-order valence-electron chi connectivity index (χ4n) is 1.50. The SMILES string of the molecule is OCC(COc1cccnc1)c1cccnc1. The number of hydrogen-bond acceptors (Lipinski definition) is 4. The van der Waals surface area contributed by atoms with E-state index in [4.69, 9.17) is 4.74 Å². The fourth-order valence-corrected chi connectivity index (χ4v) is 1.50. The van der Waals surface area contributed by atoms with E-state index in [2.05, 4.69) is 9.97 Å². The molecular weight excluding hydrogens is 216 g/mol. The molecule has 0 saturated heterocycles. The third kappa shape index (κ3) is 3.26. The van der Waals surface area contributed by atoms with Crippen molar-refractivity contribution >= 4 is 0 Å². The standard InChI is InChI=1S/C13H14N2O2/c16-9-12(11-3-1-5-14-7-11)10-17-13-4-2-6-15-8-13/h1-8,12,16H,9-10H2. The summed E-state index contributed by atoms with van der Waals surface area (Å²) in [7, 11) is 0. The summed E-state index contributed by atoms with van der Waals surface area (Å²) in [5.74, 6) is 0.638. The van der Waals surface area contributed by atoms with Crippen LogP contribution in [0.2, 0.25) is 0 Å². The number of aliphatic hydroxyl groups is 1. The van der Waals surface area contributed by atoms with Crippen molar-refractivity contribution < 1.29 is 9.84 Å². The van der Waals surface area contributed by atoms with Gasteiger partial charge in [0.15, 0.2) is 0 Å². The van der Waals surface area contributed by atoms with Crippen molar-refractivity contribution in [1.82, 2.24) is 9.97 Å². The van der Waals surface area contributed by atoms with Gasteiger partial charge in [-0.15, -0.1) is 0 Å². The molecular formula is C13H14N2O2. The van der Waals surface area contributed by atoms with E-state index in [0.29, 0.717) is 12.4 Å². The van der Waals surface area contributed by atoms with E-state index in [1.165, 1.54) is 0 Å². The second-order valence-corrected chi connectivity index (χ2v) is 3.67. The molecule has 2 aromatic rings. The molecule has 4 heteroatoms.